The van der Waals surface area contributed by atoms with E-state index in [2.05, 4.69) is 4.90 Å². The van der Waals surface area contributed by atoms with Gasteiger partial charge in [0, 0.05) is 24.3 Å². The lowest BCUT2D eigenvalue weighted by molar-refractivity contribution is 0.0435. The second-order valence-electron chi connectivity index (χ2n) is 4.45. The number of rotatable bonds is 3. The van der Waals surface area contributed by atoms with Gasteiger partial charge in [-0.15, -0.1) is 0 Å². The fourth-order valence-electron chi connectivity index (χ4n) is 2.19. The van der Waals surface area contributed by atoms with Crippen LogP contribution >= 0.6 is 0 Å². The molecule has 92 valence electrons. The maximum atomic E-state index is 11.2. The molecule has 0 aliphatic carbocycles. The summed E-state index contributed by atoms with van der Waals surface area (Å²) in [6, 6.07) is 7.69. The number of benzene rings is 1. The Kier molecular flexibility index (Phi) is 3.76. The fourth-order valence-corrected chi connectivity index (χ4v) is 2.19. The molecule has 1 aliphatic heterocycles. The first-order chi connectivity index (χ1) is 8.20. The summed E-state index contributed by atoms with van der Waals surface area (Å²) < 4.78 is 0. The highest BCUT2D eigenvalue weighted by Crippen LogP contribution is 2.21. The maximum absolute atomic E-state index is 11.2. The summed E-state index contributed by atoms with van der Waals surface area (Å²) in [5, 5.41) is 0. The molecule has 4 nitrogen and oxygen atoms in total. The lowest BCUT2D eigenvalue weighted by atomic mass is 10.1. The number of carbonyl (C=O) groups excluding carboxylic acids is 1. The first-order valence-corrected chi connectivity index (χ1v) is 5.92. The van der Waals surface area contributed by atoms with Crippen molar-refractivity contribution >= 4 is 11.5 Å². The van der Waals surface area contributed by atoms with Gasteiger partial charge in [0.1, 0.15) is 0 Å². The molecule has 0 saturated carbocycles. The Morgan fingerprint density at radius 3 is 2.71 bits per heavy atom. The Balaban J connectivity index is 2.08. The van der Waals surface area contributed by atoms with Crippen LogP contribution in [-0.2, 0) is 4.84 Å². The van der Waals surface area contributed by atoms with E-state index in [4.69, 9.17) is 10.7 Å². The largest absolute Gasteiger partial charge is 0.369 e. The average Bonchev–Trinajstić information content (AvgIpc) is 2.39. The molecule has 0 radical (unpaired) electrons. The summed E-state index contributed by atoms with van der Waals surface area (Å²) in [6.45, 7) is 3.41. The van der Waals surface area contributed by atoms with Crippen molar-refractivity contribution in [2.45, 2.75) is 25.9 Å². The van der Waals surface area contributed by atoms with E-state index in [-0.39, 0.29) is 11.9 Å². The zero-order valence-electron chi connectivity index (χ0n) is 10.1. The number of nitrogens with zero attached hydrogens (tertiary/aromatic N) is 1. The monoisotopic (exact) mass is 234 g/mol. The summed E-state index contributed by atoms with van der Waals surface area (Å²) in [5.74, 6) is 5.33. The van der Waals surface area contributed by atoms with Crippen LogP contribution in [0.2, 0.25) is 0 Å². The molecule has 1 aromatic carbocycles. The van der Waals surface area contributed by atoms with Crippen molar-refractivity contribution in [2.24, 2.45) is 5.90 Å². The van der Waals surface area contributed by atoms with Crippen molar-refractivity contribution in [3.63, 3.8) is 0 Å². The molecule has 1 aromatic rings. The standard InChI is InChI=1S/C13H18N2O2/c1-10(16)11-4-6-12(7-5-11)15-8-2-3-13(9-15)17-14/h4-7,13H,2-3,8-9,14H2,1H3. The Hall–Kier alpha value is -1.39. The van der Waals surface area contributed by atoms with E-state index >= 15 is 0 Å². The molecule has 1 saturated heterocycles. The normalized spacial score (nSPS) is 20.4. The zero-order chi connectivity index (χ0) is 12.3. The number of hydrogen-bond acceptors (Lipinski definition) is 4. The molecule has 1 aliphatic rings. The predicted octanol–water partition coefficient (Wildman–Crippen LogP) is 1.75. The smallest absolute Gasteiger partial charge is 0.159 e. The van der Waals surface area contributed by atoms with Crippen molar-refractivity contribution in [3.05, 3.63) is 29.8 Å². The summed E-state index contributed by atoms with van der Waals surface area (Å²) in [7, 11) is 0. The molecule has 0 spiro atoms. The number of ketones is 1. The molecule has 1 atom stereocenters. The number of anilines is 1. The molecule has 2 rings (SSSR count). The summed E-state index contributed by atoms with van der Waals surface area (Å²) in [6.07, 6.45) is 2.20. The highest BCUT2D eigenvalue weighted by atomic mass is 16.6. The number of carbonyl (C=O) groups is 1. The summed E-state index contributed by atoms with van der Waals surface area (Å²) in [5.41, 5.74) is 1.87. The highest BCUT2D eigenvalue weighted by molar-refractivity contribution is 5.94. The maximum Gasteiger partial charge on any atom is 0.159 e. The second-order valence-corrected chi connectivity index (χ2v) is 4.45. The molecule has 0 bridgehead atoms. The Morgan fingerprint density at radius 1 is 1.41 bits per heavy atom. The second kappa shape index (κ2) is 5.29. The van der Waals surface area contributed by atoms with Gasteiger partial charge in [-0.3, -0.25) is 9.63 Å². The topological polar surface area (TPSA) is 55.6 Å². The van der Waals surface area contributed by atoms with E-state index in [0.29, 0.717) is 0 Å². The van der Waals surface area contributed by atoms with Gasteiger partial charge >= 0.3 is 0 Å². The van der Waals surface area contributed by atoms with E-state index in [1.54, 1.807) is 6.92 Å². The third kappa shape index (κ3) is 2.84. The van der Waals surface area contributed by atoms with E-state index in [9.17, 15) is 4.79 Å². The van der Waals surface area contributed by atoms with Gasteiger partial charge in [-0.2, -0.15) is 0 Å². The van der Waals surface area contributed by atoms with Gasteiger partial charge in [0.2, 0.25) is 0 Å². The summed E-state index contributed by atoms with van der Waals surface area (Å²) in [4.78, 5) is 18.3. The van der Waals surface area contributed by atoms with Gasteiger partial charge in [-0.1, -0.05) is 0 Å². The molecule has 2 N–H and O–H groups in total. The first kappa shape index (κ1) is 12.1. The first-order valence-electron chi connectivity index (χ1n) is 5.92. The molecule has 0 amide bonds. The van der Waals surface area contributed by atoms with Gasteiger partial charge in [0.15, 0.2) is 5.78 Å². The number of hydrogen-bond donors (Lipinski definition) is 1. The van der Waals surface area contributed by atoms with Gasteiger partial charge < -0.3 is 4.90 Å². The summed E-state index contributed by atoms with van der Waals surface area (Å²) >= 11 is 0. The van der Waals surface area contributed by atoms with Crippen LogP contribution in [0.5, 0.6) is 0 Å². The molecule has 1 fully saturated rings. The Labute approximate surface area is 101 Å². The Bertz CT molecular complexity index is 389. The minimum atomic E-state index is 0.0957. The Morgan fingerprint density at radius 2 is 2.12 bits per heavy atom. The quantitative estimate of drug-likeness (QED) is 0.639. The van der Waals surface area contributed by atoms with E-state index in [1.165, 1.54) is 0 Å². The molecule has 1 heterocycles. The van der Waals surface area contributed by atoms with Crippen molar-refractivity contribution in [2.75, 3.05) is 18.0 Å². The number of Topliss-reactive ketones (excluding diaryl/α,β-unsaturated/α-hetero) is 1. The number of piperidine rings is 1. The van der Waals surface area contributed by atoms with Crippen molar-refractivity contribution < 1.29 is 9.63 Å². The van der Waals surface area contributed by atoms with Crippen LogP contribution in [0, 0.1) is 0 Å². The van der Waals surface area contributed by atoms with Crippen molar-refractivity contribution in [1.29, 1.82) is 0 Å². The van der Waals surface area contributed by atoms with Gasteiger partial charge in [-0.25, -0.2) is 5.90 Å². The third-order valence-corrected chi connectivity index (χ3v) is 3.21. The van der Waals surface area contributed by atoms with E-state index in [0.717, 1.165) is 37.2 Å². The van der Waals surface area contributed by atoms with Crippen LogP contribution < -0.4 is 10.8 Å². The molecule has 0 aromatic heterocycles. The lowest BCUT2D eigenvalue weighted by Crippen LogP contribution is -2.40. The van der Waals surface area contributed by atoms with E-state index in [1.807, 2.05) is 24.3 Å². The van der Waals surface area contributed by atoms with Crippen LogP contribution in [0.1, 0.15) is 30.1 Å². The van der Waals surface area contributed by atoms with Crippen LogP contribution in [0.15, 0.2) is 24.3 Å². The fraction of sp³-hybridized carbons (Fsp3) is 0.462. The molecular weight excluding hydrogens is 216 g/mol. The molecule has 4 heteroatoms. The predicted molar refractivity (Wildman–Crippen MR) is 67.0 cm³/mol. The molecule has 1 unspecified atom stereocenters. The minimum Gasteiger partial charge on any atom is -0.369 e. The van der Waals surface area contributed by atoms with Crippen molar-refractivity contribution in [3.8, 4) is 0 Å². The highest BCUT2D eigenvalue weighted by Gasteiger charge is 2.20. The lowest BCUT2D eigenvalue weighted by Gasteiger charge is -2.33. The SMILES string of the molecule is CC(=O)c1ccc(N2CCCC(ON)C2)cc1. The zero-order valence-corrected chi connectivity index (χ0v) is 10.1. The third-order valence-electron chi connectivity index (χ3n) is 3.21. The van der Waals surface area contributed by atoms with Gasteiger partial charge in [0.25, 0.3) is 0 Å². The van der Waals surface area contributed by atoms with Crippen LogP contribution in [0.4, 0.5) is 5.69 Å². The van der Waals surface area contributed by atoms with Crippen molar-refractivity contribution in [1.82, 2.24) is 0 Å². The van der Waals surface area contributed by atoms with Gasteiger partial charge in [-0.05, 0) is 44.0 Å². The van der Waals surface area contributed by atoms with E-state index < -0.39 is 0 Å². The van der Waals surface area contributed by atoms with Crippen LogP contribution in [-0.4, -0.2) is 25.0 Å². The average molecular weight is 234 g/mol. The molecule has 17 heavy (non-hydrogen) atoms. The van der Waals surface area contributed by atoms with Gasteiger partial charge in [0.05, 0.1) is 6.10 Å². The van der Waals surface area contributed by atoms with Crippen LogP contribution in [0.3, 0.4) is 0 Å². The van der Waals surface area contributed by atoms with Crippen LogP contribution in [0.25, 0.3) is 0 Å². The molecular formula is C13H18N2O2. The number of nitrogens with two attached hydrogens (primary N) is 1. The minimum absolute atomic E-state index is 0.0957.